The zero-order valence-corrected chi connectivity index (χ0v) is 11.9. The third-order valence-corrected chi connectivity index (χ3v) is 4.12. The predicted molar refractivity (Wildman–Crippen MR) is 79.9 cm³/mol. The van der Waals surface area contributed by atoms with Crippen LogP contribution in [0.15, 0.2) is 28.9 Å². The Kier molecular flexibility index (Phi) is 2.90. The molecule has 1 aromatic heterocycles. The summed E-state index contributed by atoms with van der Waals surface area (Å²) in [5.74, 6) is 0. The second kappa shape index (κ2) is 4.43. The zero-order chi connectivity index (χ0) is 12.7. The number of halogens is 1. The van der Waals surface area contributed by atoms with Gasteiger partial charge in [-0.2, -0.15) is 0 Å². The number of pyridine rings is 1. The van der Waals surface area contributed by atoms with Gasteiger partial charge in [0.05, 0.1) is 11.2 Å². The van der Waals surface area contributed by atoms with Crippen LogP contribution >= 0.6 is 15.9 Å². The van der Waals surface area contributed by atoms with Gasteiger partial charge in [0.2, 0.25) is 0 Å². The first kappa shape index (κ1) is 11.8. The fourth-order valence-corrected chi connectivity index (χ4v) is 3.06. The standard InChI is InChI=1S/C14H16BrN3/c1-9-3-2-6-18(9)13-5-4-12(16)11-7-10(15)8-17-14(11)13/h4-5,7-9H,2-3,6,16H2,1H3. The summed E-state index contributed by atoms with van der Waals surface area (Å²) in [5.41, 5.74) is 9.05. The van der Waals surface area contributed by atoms with Crippen LogP contribution in [0.5, 0.6) is 0 Å². The minimum atomic E-state index is 0.585. The van der Waals surface area contributed by atoms with E-state index in [-0.39, 0.29) is 0 Å². The highest BCUT2D eigenvalue weighted by Crippen LogP contribution is 2.34. The van der Waals surface area contributed by atoms with Crippen molar-refractivity contribution in [1.29, 1.82) is 0 Å². The lowest BCUT2D eigenvalue weighted by molar-refractivity contribution is 0.736. The number of nitrogens with two attached hydrogens (primary N) is 1. The lowest BCUT2D eigenvalue weighted by Gasteiger charge is -2.25. The molecule has 2 N–H and O–H groups in total. The molecule has 0 spiro atoms. The normalized spacial score (nSPS) is 19.7. The largest absolute Gasteiger partial charge is 0.398 e. The summed E-state index contributed by atoms with van der Waals surface area (Å²) in [6, 6.07) is 6.71. The van der Waals surface area contributed by atoms with Gasteiger partial charge in [-0.3, -0.25) is 4.98 Å². The van der Waals surface area contributed by atoms with Gasteiger partial charge in [0.15, 0.2) is 0 Å². The monoisotopic (exact) mass is 305 g/mol. The van der Waals surface area contributed by atoms with Crippen LogP contribution in [0.3, 0.4) is 0 Å². The first-order valence-electron chi connectivity index (χ1n) is 6.27. The zero-order valence-electron chi connectivity index (χ0n) is 10.4. The van der Waals surface area contributed by atoms with Crippen molar-refractivity contribution in [3.63, 3.8) is 0 Å². The van der Waals surface area contributed by atoms with E-state index in [4.69, 9.17) is 5.73 Å². The van der Waals surface area contributed by atoms with Gasteiger partial charge >= 0.3 is 0 Å². The molecule has 0 radical (unpaired) electrons. The Bertz CT molecular complexity index is 597. The molecule has 3 nitrogen and oxygen atoms in total. The topological polar surface area (TPSA) is 42.1 Å². The summed E-state index contributed by atoms with van der Waals surface area (Å²) in [4.78, 5) is 6.99. The first-order valence-corrected chi connectivity index (χ1v) is 7.06. The molecule has 0 saturated carbocycles. The van der Waals surface area contributed by atoms with E-state index in [2.05, 4.69) is 38.8 Å². The van der Waals surface area contributed by atoms with Crippen molar-refractivity contribution in [3.05, 3.63) is 28.9 Å². The van der Waals surface area contributed by atoms with Crippen molar-refractivity contribution in [2.24, 2.45) is 0 Å². The molecule has 1 aliphatic heterocycles. The van der Waals surface area contributed by atoms with Gasteiger partial charge < -0.3 is 10.6 Å². The van der Waals surface area contributed by atoms with Gasteiger partial charge in [0, 0.05) is 34.3 Å². The summed E-state index contributed by atoms with van der Waals surface area (Å²) < 4.78 is 0.966. The molecule has 1 aliphatic rings. The Morgan fingerprint density at radius 1 is 1.44 bits per heavy atom. The van der Waals surface area contributed by atoms with E-state index in [0.717, 1.165) is 27.6 Å². The van der Waals surface area contributed by atoms with Gasteiger partial charge in [0.25, 0.3) is 0 Å². The second-order valence-corrected chi connectivity index (χ2v) is 5.82. The number of benzene rings is 1. The minimum Gasteiger partial charge on any atom is -0.398 e. The van der Waals surface area contributed by atoms with Crippen LogP contribution in [0.2, 0.25) is 0 Å². The number of aromatic nitrogens is 1. The fraction of sp³-hybridized carbons (Fsp3) is 0.357. The lowest BCUT2D eigenvalue weighted by Crippen LogP contribution is -2.26. The molecule has 0 amide bonds. The average Bonchev–Trinajstić information content (AvgIpc) is 2.77. The fourth-order valence-electron chi connectivity index (χ4n) is 2.72. The number of nitrogens with zero attached hydrogens (tertiary/aromatic N) is 2. The van der Waals surface area contributed by atoms with E-state index in [1.54, 1.807) is 0 Å². The minimum absolute atomic E-state index is 0.585. The Morgan fingerprint density at radius 2 is 2.28 bits per heavy atom. The third-order valence-electron chi connectivity index (χ3n) is 3.69. The number of rotatable bonds is 1. The summed E-state index contributed by atoms with van der Waals surface area (Å²) >= 11 is 3.45. The van der Waals surface area contributed by atoms with Crippen molar-refractivity contribution in [2.45, 2.75) is 25.8 Å². The number of hydrogen-bond acceptors (Lipinski definition) is 3. The summed E-state index contributed by atoms with van der Waals surface area (Å²) in [6.07, 6.45) is 4.35. The van der Waals surface area contributed by atoms with E-state index in [0.29, 0.717) is 6.04 Å². The Morgan fingerprint density at radius 3 is 3.00 bits per heavy atom. The quantitative estimate of drug-likeness (QED) is 0.819. The molecule has 4 heteroatoms. The average molecular weight is 306 g/mol. The van der Waals surface area contributed by atoms with Crippen LogP contribution in [0.4, 0.5) is 11.4 Å². The van der Waals surface area contributed by atoms with Crippen molar-refractivity contribution in [3.8, 4) is 0 Å². The second-order valence-electron chi connectivity index (χ2n) is 4.91. The molecule has 1 aromatic carbocycles. The summed E-state index contributed by atoms with van der Waals surface area (Å²) in [6.45, 7) is 3.38. The van der Waals surface area contributed by atoms with Crippen LogP contribution in [-0.4, -0.2) is 17.6 Å². The van der Waals surface area contributed by atoms with Gasteiger partial charge in [-0.1, -0.05) is 0 Å². The van der Waals surface area contributed by atoms with Crippen LogP contribution in [0, 0.1) is 0 Å². The molecular weight excluding hydrogens is 290 g/mol. The highest BCUT2D eigenvalue weighted by atomic mass is 79.9. The van der Waals surface area contributed by atoms with Gasteiger partial charge in [-0.15, -0.1) is 0 Å². The molecule has 94 valence electrons. The highest BCUT2D eigenvalue weighted by molar-refractivity contribution is 9.10. The van der Waals surface area contributed by atoms with Crippen molar-refractivity contribution in [2.75, 3.05) is 17.2 Å². The third kappa shape index (κ3) is 1.85. The van der Waals surface area contributed by atoms with Gasteiger partial charge in [0.1, 0.15) is 0 Å². The van der Waals surface area contributed by atoms with Crippen molar-refractivity contribution >= 4 is 38.2 Å². The van der Waals surface area contributed by atoms with Crippen molar-refractivity contribution in [1.82, 2.24) is 4.98 Å². The van der Waals surface area contributed by atoms with Crippen LogP contribution in [0.25, 0.3) is 10.9 Å². The Hall–Kier alpha value is -1.29. The summed E-state index contributed by atoms with van der Waals surface area (Å²) in [5, 5.41) is 1.03. The SMILES string of the molecule is CC1CCCN1c1ccc(N)c2cc(Br)cnc12. The van der Waals surface area contributed by atoms with E-state index < -0.39 is 0 Å². The maximum Gasteiger partial charge on any atom is 0.0956 e. The number of anilines is 2. The molecule has 2 aromatic rings. The molecule has 0 bridgehead atoms. The molecule has 3 rings (SSSR count). The van der Waals surface area contributed by atoms with Crippen molar-refractivity contribution < 1.29 is 0 Å². The molecule has 1 unspecified atom stereocenters. The van der Waals surface area contributed by atoms with Gasteiger partial charge in [-0.25, -0.2) is 0 Å². The number of hydrogen-bond donors (Lipinski definition) is 1. The van der Waals surface area contributed by atoms with E-state index in [9.17, 15) is 0 Å². The van der Waals surface area contributed by atoms with Crippen LogP contribution in [-0.2, 0) is 0 Å². The lowest BCUT2D eigenvalue weighted by atomic mass is 10.1. The smallest absolute Gasteiger partial charge is 0.0956 e. The van der Waals surface area contributed by atoms with E-state index in [1.807, 2.05) is 18.3 Å². The molecule has 0 aliphatic carbocycles. The molecule has 1 atom stereocenters. The maximum atomic E-state index is 6.05. The number of fused-ring (bicyclic) bond motifs is 1. The Balaban J connectivity index is 2.21. The number of nitrogen functional groups attached to an aromatic ring is 1. The molecule has 18 heavy (non-hydrogen) atoms. The molecule has 2 heterocycles. The van der Waals surface area contributed by atoms with Gasteiger partial charge in [-0.05, 0) is 53.9 Å². The molecule has 1 saturated heterocycles. The summed E-state index contributed by atoms with van der Waals surface area (Å²) in [7, 11) is 0. The van der Waals surface area contributed by atoms with Crippen LogP contribution < -0.4 is 10.6 Å². The van der Waals surface area contributed by atoms with E-state index in [1.165, 1.54) is 18.5 Å². The van der Waals surface area contributed by atoms with Crippen LogP contribution in [0.1, 0.15) is 19.8 Å². The van der Waals surface area contributed by atoms with E-state index >= 15 is 0 Å². The molecule has 1 fully saturated rings. The predicted octanol–water partition coefficient (Wildman–Crippen LogP) is 3.57. The maximum absolute atomic E-state index is 6.05. The molecular formula is C14H16BrN3. The Labute approximate surface area is 115 Å². The first-order chi connectivity index (χ1) is 8.66. The highest BCUT2D eigenvalue weighted by Gasteiger charge is 2.22.